The molecule has 3 unspecified atom stereocenters. The lowest BCUT2D eigenvalue weighted by Gasteiger charge is -2.22. The first-order valence-electron chi connectivity index (χ1n) is 9.95. The first-order chi connectivity index (χ1) is 11.5. The van der Waals surface area contributed by atoms with Crippen molar-refractivity contribution in [3.8, 4) is 0 Å². The van der Waals surface area contributed by atoms with Gasteiger partial charge < -0.3 is 19.3 Å². The first-order valence-corrected chi connectivity index (χ1v) is 9.95. The zero-order valence-electron chi connectivity index (χ0n) is 16.8. The molecule has 0 aliphatic carbocycles. The summed E-state index contributed by atoms with van der Waals surface area (Å²) in [6.45, 7) is 13.5. The molecule has 0 amide bonds. The van der Waals surface area contributed by atoms with Crippen LogP contribution in [0.5, 0.6) is 0 Å². The van der Waals surface area contributed by atoms with E-state index < -0.39 is 0 Å². The van der Waals surface area contributed by atoms with Crippen LogP contribution >= 0.6 is 0 Å². The molecule has 0 aliphatic heterocycles. The average Bonchev–Trinajstić information content (AvgIpc) is 2.55. The fraction of sp³-hybridized carbons (Fsp3) is 1.00. The van der Waals surface area contributed by atoms with Gasteiger partial charge in [0.15, 0.2) is 6.29 Å². The van der Waals surface area contributed by atoms with Gasteiger partial charge in [-0.05, 0) is 50.9 Å². The van der Waals surface area contributed by atoms with Crippen LogP contribution in [0.3, 0.4) is 0 Å². The van der Waals surface area contributed by atoms with Gasteiger partial charge in [0.05, 0.1) is 12.7 Å². The van der Waals surface area contributed by atoms with Crippen LogP contribution in [-0.2, 0) is 14.2 Å². The summed E-state index contributed by atoms with van der Waals surface area (Å²) in [4.78, 5) is 0. The Hall–Kier alpha value is -0.160. The highest BCUT2D eigenvalue weighted by Crippen LogP contribution is 2.14. The summed E-state index contributed by atoms with van der Waals surface area (Å²) in [5, 5.41) is 8.76. The lowest BCUT2D eigenvalue weighted by molar-refractivity contribution is -0.158. The molecular weight excluding hydrogens is 304 g/mol. The topological polar surface area (TPSA) is 47.9 Å². The molecule has 24 heavy (non-hydrogen) atoms. The Bertz CT molecular complexity index is 258. The molecule has 0 radical (unpaired) electrons. The third-order valence-electron chi connectivity index (χ3n) is 4.28. The van der Waals surface area contributed by atoms with Gasteiger partial charge in [-0.2, -0.15) is 0 Å². The van der Waals surface area contributed by atoms with Gasteiger partial charge in [0, 0.05) is 26.2 Å². The molecule has 4 nitrogen and oxygen atoms in total. The van der Waals surface area contributed by atoms with Crippen molar-refractivity contribution in [2.75, 3.05) is 26.4 Å². The Morgan fingerprint density at radius 2 is 1.54 bits per heavy atom. The van der Waals surface area contributed by atoms with E-state index in [9.17, 15) is 0 Å². The highest BCUT2D eigenvalue weighted by Gasteiger charge is 2.14. The lowest BCUT2D eigenvalue weighted by atomic mass is 10.1. The van der Waals surface area contributed by atoms with Crippen LogP contribution in [0.1, 0.15) is 79.6 Å². The Kier molecular flexibility index (Phi) is 16.2. The maximum Gasteiger partial charge on any atom is 0.157 e. The minimum Gasteiger partial charge on any atom is -0.396 e. The van der Waals surface area contributed by atoms with Crippen molar-refractivity contribution in [1.82, 2.24) is 0 Å². The van der Waals surface area contributed by atoms with Crippen molar-refractivity contribution >= 4 is 0 Å². The van der Waals surface area contributed by atoms with Gasteiger partial charge in [0.1, 0.15) is 0 Å². The maximum absolute atomic E-state index is 8.76. The Labute approximate surface area is 150 Å². The molecule has 1 N–H and O–H groups in total. The maximum atomic E-state index is 8.76. The highest BCUT2D eigenvalue weighted by atomic mass is 16.7. The van der Waals surface area contributed by atoms with Gasteiger partial charge in [0.2, 0.25) is 0 Å². The lowest BCUT2D eigenvalue weighted by Crippen LogP contribution is -2.23. The van der Waals surface area contributed by atoms with E-state index in [1.165, 1.54) is 0 Å². The molecule has 4 heteroatoms. The third kappa shape index (κ3) is 15.4. The van der Waals surface area contributed by atoms with Gasteiger partial charge >= 0.3 is 0 Å². The van der Waals surface area contributed by atoms with Crippen LogP contribution in [0, 0.1) is 11.8 Å². The molecule has 0 aromatic carbocycles. The van der Waals surface area contributed by atoms with E-state index in [2.05, 4.69) is 34.6 Å². The molecule has 0 saturated heterocycles. The van der Waals surface area contributed by atoms with Crippen LogP contribution < -0.4 is 0 Å². The van der Waals surface area contributed by atoms with Crippen molar-refractivity contribution in [3.05, 3.63) is 0 Å². The smallest absolute Gasteiger partial charge is 0.157 e. The van der Waals surface area contributed by atoms with Crippen molar-refractivity contribution in [3.63, 3.8) is 0 Å². The molecule has 0 spiro atoms. The van der Waals surface area contributed by atoms with Crippen LogP contribution in [0.2, 0.25) is 0 Å². The molecule has 0 fully saturated rings. The van der Waals surface area contributed by atoms with E-state index in [0.717, 1.165) is 64.8 Å². The summed E-state index contributed by atoms with van der Waals surface area (Å²) in [6.07, 6.45) is 7.06. The molecule has 0 aromatic rings. The molecule has 0 aromatic heterocycles. The quantitative estimate of drug-likeness (QED) is 0.304. The van der Waals surface area contributed by atoms with E-state index in [1.807, 2.05) is 0 Å². The summed E-state index contributed by atoms with van der Waals surface area (Å²) in [5.74, 6) is 1.22. The second-order valence-electron chi connectivity index (χ2n) is 7.37. The SMILES string of the molecule is CCC(C)COC(CCC(C)OCCCCCO)OCCC(C)C. The van der Waals surface area contributed by atoms with Crippen molar-refractivity contribution in [1.29, 1.82) is 0 Å². The van der Waals surface area contributed by atoms with Crippen molar-refractivity contribution < 1.29 is 19.3 Å². The van der Waals surface area contributed by atoms with E-state index in [-0.39, 0.29) is 19.0 Å². The normalized spacial score (nSPS) is 15.6. The van der Waals surface area contributed by atoms with E-state index in [1.54, 1.807) is 0 Å². The summed E-state index contributed by atoms with van der Waals surface area (Å²) in [7, 11) is 0. The monoisotopic (exact) mass is 346 g/mol. The molecule has 0 rings (SSSR count). The summed E-state index contributed by atoms with van der Waals surface area (Å²) in [5.41, 5.74) is 0. The highest BCUT2D eigenvalue weighted by molar-refractivity contribution is 4.57. The Balaban J connectivity index is 3.98. The van der Waals surface area contributed by atoms with Crippen LogP contribution in [0.15, 0.2) is 0 Å². The van der Waals surface area contributed by atoms with Crippen molar-refractivity contribution in [2.45, 2.75) is 92.0 Å². The summed E-state index contributed by atoms with van der Waals surface area (Å²) in [6, 6.07) is 0. The molecular formula is C20H42O4. The predicted molar refractivity (Wildman–Crippen MR) is 100 cm³/mol. The molecule has 0 aliphatic rings. The fourth-order valence-corrected chi connectivity index (χ4v) is 2.17. The van der Waals surface area contributed by atoms with E-state index in [0.29, 0.717) is 11.8 Å². The Morgan fingerprint density at radius 3 is 2.17 bits per heavy atom. The van der Waals surface area contributed by atoms with Crippen molar-refractivity contribution in [2.24, 2.45) is 11.8 Å². The number of hydrogen-bond donors (Lipinski definition) is 1. The summed E-state index contributed by atoms with van der Waals surface area (Å²) >= 11 is 0. The average molecular weight is 347 g/mol. The minimum atomic E-state index is -0.113. The number of unbranched alkanes of at least 4 members (excludes halogenated alkanes) is 2. The van der Waals surface area contributed by atoms with Crippen LogP contribution in [0.25, 0.3) is 0 Å². The molecule has 0 bridgehead atoms. The molecule has 0 heterocycles. The zero-order valence-corrected chi connectivity index (χ0v) is 16.8. The largest absolute Gasteiger partial charge is 0.396 e. The second-order valence-corrected chi connectivity index (χ2v) is 7.37. The standard InChI is InChI=1S/C20H42O4/c1-6-18(4)16-24-20(23-15-12-17(2)3)11-10-19(5)22-14-9-7-8-13-21/h17-21H,6-16H2,1-5H3. The third-order valence-corrected chi connectivity index (χ3v) is 4.28. The molecule has 3 atom stereocenters. The van der Waals surface area contributed by atoms with Gasteiger partial charge in [0.25, 0.3) is 0 Å². The van der Waals surface area contributed by atoms with Gasteiger partial charge in [-0.25, -0.2) is 0 Å². The molecule has 0 saturated carbocycles. The summed E-state index contributed by atoms with van der Waals surface area (Å²) < 4.78 is 17.8. The van der Waals surface area contributed by atoms with E-state index in [4.69, 9.17) is 19.3 Å². The van der Waals surface area contributed by atoms with E-state index >= 15 is 0 Å². The van der Waals surface area contributed by atoms with Crippen LogP contribution in [0.4, 0.5) is 0 Å². The van der Waals surface area contributed by atoms with Gasteiger partial charge in [-0.15, -0.1) is 0 Å². The zero-order chi connectivity index (χ0) is 18.2. The number of aliphatic hydroxyl groups excluding tert-OH is 1. The van der Waals surface area contributed by atoms with Gasteiger partial charge in [-0.1, -0.05) is 34.1 Å². The number of hydrogen-bond acceptors (Lipinski definition) is 4. The fourth-order valence-electron chi connectivity index (χ4n) is 2.17. The predicted octanol–water partition coefficient (Wildman–Crippen LogP) is 4.79. The number of rotatable bonds is 17. The first kappa shape index (κ1) is 23.8. The van der Waals surface area contributed by atoms with Crippen LogP contribution in [-0.4, -0.2) is 43.9 Å². The molecule has 146 valence electrons. The minimum absolute atomic E-state index is 0.113. The number of ether oxygens (including phenoxy) is 3. The Morgan fingerprint density at radius 1 is 0.792 bits per heavy atom. The number of aliphatic hydroxyl groups is 1. The van der Waals surface area contributed by atoms with Gasteiger partial charge in [-0.3, -0.25) is 0 Å². The second kappa shape index (κ2) is 16.3.